The molecule has 1 atom stereocenters. The summed E-state index contributed by atoms with van der Waals surface area (Å²) in [5.74, 6) is -2.17. The number of aromatic nitrogens is 2. The van der Waals surface area contributed by atoms with Gasteiger partial charge in [-0.15, -0.1) is 0 Å². The number of aryl methyl sites for hydroxylation is 1. The molecule has 12 heteroatoms. The smallest absolute Gasteiger partial charge is 0.350 e. The molecule has 7 nitrogen and oxygen atoms in total. The molecule has 1 heterocycles. The van der Waals surface area contributed by atoms with Gasteiger partial charge in [0.1, 0.15) is 5.82 Å². The fourth-order valence-electron chi connectivity index (χ4n) is 3.42. The summed E-state index contributed by atoms with van der Waals surface area (Å²) in [5, 5.41) is 6.27. The molecule has 0 fully saturated rings. The van der Waals surface area contributed by atoms with Crippen molar-refractivity contribution in [2.75, 3.05) is 5.75 Å². The van der Waals surface area contributed by atoms with Crippen molar-refractivity contribution in [2.45, 2.75) is 46.0 Å². The molecular weight excluding hydrogens is 500 g/mol. The first kappa shape index (κ1) is 27.3. The van der Waals surface area contributed by atoms with Gasteiger partial charge in [-0.05, 0) is 56.2 Å². The Labute approximate surface area is 206 Å². The Morgan fingerprint density at radius 3 is 2.44 bits per heavy atom. The predicted octanol–water partition coefficient (Wildman–Crippen LogP) is 4.20. The molecular formula is C24H26F4N4O3S. The van der Waals surface area contributed by atoms with Gasteiger partial charge >= 0.3 is 6.18 Å². The highest BCUT2D eigenvalue weighted by Gasteiger charge is 2.35. The van der Waals surface area contributed by atoms with Crippen LogP contribution < -0.4 is 10.0 Å². The van der Waals surface area contributed by atoms with Gasteiger partial charge in [-0.3, -0.25) is 4.79 Å². The van der Waals surface area contributed by atoms with E-state index in [9.17, 15) is 30.8 Å². The Bertz CT molecular complexity index is 1350. The topological polar surface area (TPSA) is 93.1 Å². The van der Waals surface area contributed by atoms with E-state index in [0.29, 0.717) is 11.3 Å². The molecule has 1 aromatic heterocycles. The number of alkyl halides is 3. The highest BCUT2D eigenvalue weighted by Crippen LogP contribution is 2.30. The van der Waals surface area contributed by atoms with Gasteiger partial charge in [-0.1, -0.05) is 24.3 Å². The second-order valence-electron chi connectivity index (χ2n) is 8.28. The quantitative estimate of drug-likeness (QED) is 0.409. The van der Waals surface area contributed by atoms with Crippen molar-refractivity contribution in [2.24, 2.45) is 0 Å². The van der Waals surface area contributed by atoms with Gasteiger partial charge in [0.15, 0.2) is 5.69 Å². The van der Waals surface area contributed by atoms with Crippen LogP contribution in [0.15, 0.2) is 48.5 Å². The maximum Gasteiger partial charge on any atom is 0.435 e. The van der Waals surface area contributed by atoms with Crippen LogP contribution in [0.5, 0.6) is 0 Å². The van der Waals surface area contributed by atoms with Gasteiger partial charge < -0.3 is 5.32 Å². The number of carbonyl (C=O) groups excluding carboxylic acids is 1. The van der Waals surface area contributed by atoms with E-state index in [-0.39, 0.29) is 30.1 Å². The zero-order chi connectivity index (χ0) is 26.7. The Hall–Kier alpha value is -3.25. The van der Waals surface area contributed by atoms with Gasteiger partial charge in [0.05, 0.1) is 29.6 Å². The predicted molar refractivity (Wildman–Crippen MR) is 126 cm³/mol. The number of nitrogens with one attached hydrogen (secondary N) is 2. The van der Waals surface area contributed by atoms with Crippen LogP contribution in [-0.4, -0.2) is 29.9 Å². The Balaban J connectivity index is 1.75. The van der Waals surface area contributed by atoms with E-state index in [1.807, 2.05) is 0 Å². The van der Waals surface area contributed by atoms with Gasteiger partial charge in [0.25, 0.3) is 0 Å². The van der Waals surface area contributed by atoms with Gasteiger partial charge in [-0.25, -0.2) is 22.2 Å². The Kier molecular flexibility index (Phi) is 8.19. The number of benzene rings is 2. The molecule has 3 rings (SSSR count). The number of halogens is 4. The average Bonchev–Trinajstić information content (AvgIpc) is 3.26. The van der Waals surface area contributed by atoms with E-state index in [1.54, 1.807) is 31.2 Å². The van der Waals surface area contributed by atoms with Crippen molar-refractivity contribution < 1.29 is 30.8 Å². The molecule has 0 aliphatic carbocycles. The van der Waals surface area contributed by atoms with Crippen LogP contribution in [0.4, 0.5) is 17.6 Å². The summed E-state index contributed by atoms with van der Waals surface area (Å²) in [6.07, 6.45) is -4.66. The van der Waals surface area contributed by atoms with Crippen LogP contribution in [0.25, 0.3) is 5.69 Å². The summed E-state index contributed by atoms with van der Waals surface area (Å²) in [4.78, 5) is 12.7. The third-order valence-electron chi connectivity index (χ3n) is 5.60. The molecule has 0 radical (unpaired) electrons. The van der Waals surface area contributed by atoms with E-state index >= 15 is 0 Å². The number of hydrogen-bond acceptors (Lipinski definition) is 4. The minimum atomic E-state index is -4.66. The minimum absolute atomic E-state index is 0.116. The molecule has 0 saturated carbocycles. The monoisotopic (exact) mass is 526 g/mol. The largest absolute Gasteiger partial charge is 0.435 e. The molecule has 3 aromatic rings. The van der Waals surface area contributed by atoms with Gasteiger partial charge in [0.2, 0.25) is 15.9 Å². The highest BCUT2D eigenvalue weighted by molar-refractivity contribution is 7.89. The van der Waals surface area contributed by atoms with E-state index in [1.165, 1.54) is 26.0 Å². The molecule has 0 aliphatic rings. The van der Waals surface area contributed by atoms with Gasteiger partial charge in [0, 0.05) is 12.1 Å². The number of amides is 1. The average molecular weight is 527 g/mol. The first-order valence-electron chi connectivity index (χ1n) is 11.1. The number of rotatable bonds is 9. The fourth-order valence-corrected chi connectivity index (χ4v) is 4.00. The van der Waals surface area contributed by atoms with E-state index in [0.717, 1.165) is 22.4 Å². The summed E-state index contributed by atoms with van der Waals surface area (Å²) < 4.78 is 80.9. The molecule has 1 unspecified atom stereocenters. The Morgan fingerprint density at radius 2 is 1.83 bits per heavy atom. The SMILES string of the molecule is CCS(=O)(=O)NCc1ccc(C(C)C(=O)NCc2cc(C(F)(F)F)nn2-c2cccc(C)c2)cc1F. The second-order valence-corrected chi connectivity index (χ2v) is 10.4. The van der Waals surface area contributed by atoms with Gasteiger partial charge in [-0.2, -0.15) is 18.3 Å². The zero-order valence-corrected chi connectivity index (χ0v) is 20.7. The van der Waals surface area contributed by atoms with Crippen molar-refractivity contribution in [3.63, 3.8) is 0 Å². The van der Waals surface area contributed by atoms with E-state index < -0.39 is 39.5 Å². The highest BCUT2D eigenvalue weighted by atomic mass is 32.2. The molecule has 36 heavy (non-hydrogen) atoms. The van der Waals surface area contributed by atoms with Crippen molar-refractivity contribution >= 4 is 15.9 Å². The van der Waals surface area contributed by atoms with E-state index in [2.05, 4.69) is 15.1 Å². The molecule has 0 spiro atoms. The molecule has 0 aliphatic heterocycles. The lowest BCUT2D eigenvalue weighted by molar-refractivity contribution is -0.141. The van der Waals surface area contributed by atoms with Crippen LogP contribution in [0.3, 0.4) is 0 Å². The van der Waals surface area contributed by atoms with Crippen LogP contribution >= 0.6 is 0 Å². The lowest BCUT2D eigenvalue weighted by atomic mass is 9.98. The lowest BCUT2D eigenvalue weighted by Crippen LogP contribution is -2.28. The molecule has 2 aromatic carbocycles. The third kappa shape index (κ3) is 6.70. The van der Waals surface area contributed by atoms with Crippen LogP contribution in [0.1, 0.15) is 47.8 Å². The molecule has 1 amide bonds. The number of hydrogen-bond donors (Lipinski definition) is 2. The standard InChI is InChI=1S/C24H26F4N4O3S/c1-4-36(34,35)30-13-18-9-8-17(11-21(18)25)16(3)23(33)29-14-20-12-22(24(26,27)28)31-32(20)19-7-5-6-15(2)10-19/h5-12,16,30H,4,13-14H2,1-3H3,(H,29,33). The maximum atomic E-state index is 14.5. The Morgan fingerprint density at radius 1 is 1.11 bits per heavy atom. The normalized spacial score (nSPS) is 13.0. The molecule has 0 saturated heterocycles. The number of sulfonamides is 1. The third-order valence-corrected chi connectivity index (χ3v) is 6.94. The summed E-state index contributed by atoms with van der Waals surface area (Å²) in [7, 11) is -3.50. The zero-order valence-electron chi connectivity index (χ0n) is 19.9. The summed E-state index contributed by atoms with van der Waals surface area (Å²) in [6.45, 7) is 4.32. The first-order chi connectivity index (χ1) is 16.8. The van der Waals surface area contributed by atoms with E-state index in [4.69, 9.17) is 0 Å². The van der Waals surface area contributed by atoms with Crippen LogP contribution in [-0.2, 0) is 34.1 Å². The first-order valence-corrected chi connectivity index (χ1v) is 12.7. The second kappa shape index (κ2) is 10.8. The minimum Gasteiger partial charge on any atom is -0.350 e. The molecule has 2 N–H and O–H groups in total. The van der Waals surface area contributed by atoms with Crippen molar-refractivity contribution in [1.82, 2.24) is 19.8 Å². The van der Waals surface area contributed by atoms with Crippen molar-refractivity contribution in [1.29, 1.82) is 0 Å². The number of carbonyl (C=O) groups is 1. The molecule has 194 valence electrons. The summed E-state index contributed by atoms with van der Waals surface area (Å²) >= 11 is 0. The maximum absolute atomic E-state index is 14.5. The lowest BCUT2D eigenvalue weighted by Gasteiger charge is -2.15. The van der Waals surface area contributed by atoms with Crippen LogP contribution in [0, 0.1) is 12.7 Å². The van der Waals surface area contributed by atoms with Crippen molar-refractivity contribution in [3.05, 3.63) is 82.4 Å². The fraction of sp³-hybridized carbons (Fsp3) is 0.333. The van der Waals surface area contributed by atoms with Crippen LogP contribution in [0.2, 0.25) is 0 Å². The summed E-state index contributed by atoms with van der Waals surface area (Å²) in [6, 6.07) is 11.7. The van der Waals surface area contributed by atoms with Crippen molar-refractivity contribution in [3.8, 4) is 5.69 Å². The summed E-state index contributed by atoms with van der Waals surface area (Å²) in [5.41, 5.74) is 0.726. The number of nitrogens with zero attached hydrogens (tertiary/aromatic N) is 2. The molecule has 0 bridgehead atoms.